The molecule has 0 atom stereocenters. The van der Waals surface area contributed by atoms with Gasteiger partial charge >= 0.3 is 0 Å². The number of aromatic nitrogens is 2. The molecule has 0 unspecified atom stereocenters. The summed E-state index contributed by atoms with van der Waals surface area (Å²) in [5.74, 6) is 0.723. The molecule has 1 aromatic rings. The van der Waals surface area contributed by atoms with Gasteiger partial charge in [-0.1, -0.05) is 18.3 Å². The van der Waals surface area contributed by atoms with Gasteiger partial charge in [0.15, 0.2) is 0 Å². The number of nitrogens with zero attached hydrogens (tertiary/aromatic N) is 3. The Kier molecular flexibility index (Phi) is 5.75. The molecule has 0 saturated heterocycles. The van der Waals surface area contributed by atoms with Gasteiger partial charge in [-0.25, -0.2) is 0 Å². The first-order valence-corrected chi connectivity index (χ1v) is 6.11. The summed E-state index contributed by atoms with van der Waals surface area (Å²) in [6.45, 7) is 8.59. The quantitative estimate of drug-likeness (QED) is 0.712. The van der Waals surface area contributed by atoms with E-state index in [1.165, 1.54) is 16.4 Å². The summed E-state index contributed by atoms with van der Waals surface area (Å²) in [6.07, 6.45) is 1.84. The van der Waals surface area contributed by atoms with E-state index >= 15 is 0 Å². The number of hydrogen-bond acceptors (Lipinski definition) is 5. The molecular weight excluding hydrogens is 208 g/mol. The van der Waals surface area contributed by atoms with Crippen LogP contribution < -0.4 is 5.32 Å². The van der Waals surface area contributed by atoms with Crippen LogP contribution in [0.1, 0.15) is 18.7 Å². The molecule has 0 spiro atoms. The molecule has 1 heterocycles. The fraction of sp³-hybridized carbons (Fsp3) is 0.800. The zero-order valence-electron chi connectivity index (χ0n) is 9.73. The molecule has 86 valence electrons. The van der Waals surface area contributed by atoms with Crippen LogP contribution in [-0.4, -0.2) is 41.2 Å². The molecule has 0 radical (unpaired) electrons. The molecular formula is C10H20N4S. The summed E-state index contributed by atoms with van der Waals surface area (Å²) in [5, 5.41) is 7.25. The van der Waals surface area contributed by atoms with Crippen molar-refractivity contribution in [2.75, 3.05) is 26.7 Å². The molecule has 5 heteroatoms. The molecule has 0 aliphatic heterocycles. The third-order valence-electron chi connectivity index (χ3n) is 2.06. The van der Waals surface area contributed by atoms with Crippen molar-refractivity contribution in [1.29, 1.82) is 0 Å². The molecule has 1 rings (SSSR count). The van der Waals surface area contributed by atoms with E-state index in [0.717, 1.165) is 32.1 Å². The highest BCUT2D eigenvalue weighted by Gasteiger charge is 2.02. The first kappa shape index (κ1) is 12.5. The number of likely N-dealkylation sites (N-methyl/N-ethyl adjacent to an activating group) is 1. The fourth-order valence-corrected chi connectivity index (χ4v) is 1.83. The molecule has 0 bridgehead atoms. The minimum Gasteiger partial charge on any atom is -0.315 e. The fourth-order valence-electron chi connectivity index (χ4n) is 1.26. The van der Waals surface area contributed by atoms with Crippen molar-refractivity contribution >= 4 is 11.5 Å². The topological polar surface area (TPSA) is 41.0 Å². The Morgan fingerprint density at radius 2 is 2.33 bits per heavy atom. The van der Waals surface area contributed by atoms with Crippen molar-refractivity contribution in [1.82, 2.24) is 19.8 Å². The summed E-state index contributed by atoms with van der Waals surface area (Å²) >= 11 is 1.47. The van der Waals surface area contributed by atoms with Crippen LogP contribution in [-0.2, 0) is 6.54 Å². The molecule has 0 saturated carbocycles. The van der Waals surface area contributed by atoms with Gasteiger partial charge in [0.05, 0.1) is 11.1 Å². The molecule has 15 heavy (non-hydrogen) atoms. The van der Waals surface area contributed by atoms with Gasteiger partial charge in [0.25, 0.3) is 0 Å². The lowest BCUT2D eigenvalue weighted by molar-refractivity contribution is 0.324. The second-order valence-corrected chi connectivity index (χ2v) is 5.09. The van der Waals surface area contributed by atoms with Crippen molar-refractivity contribution in [3.8, 4) is 0 Å². The van der Waals surface area contributed by atoms with E-state index in [2.05, 4.69) is 40.7 Å². The second kappa shape index (κ2) is 6.87. The van der Waals surface area contributed by atoms with Gasteiger partial charge in [-0.05, 0) is 31.0 Å². The van der Waals surface area contributed by atoms with E-state index in [4.69, 9.17) is 0 Å². The molecule has 0 aliphatic carbocycles. The Labute approximate surface area is 95.8 Å². The van der Waals surface area contributed by atoms with Gasteiger partial charge in [0.1, 0.15) is 0 Å². The molecule has 1 aromatic heterocycles. The normalized spacial score (nSPS) is 11.5. The molecule has 0 fully saturated rings. The van der Waals surface area contributed by atoms with Crippen molar-refractivity contribution in [3.63, 3.8) is 0 Å². The Morgan fingerprint density at radius 3 is 2.93 bits per heavy atom. The Bertz CT molecular complexity index is 248. The third-order valence-corrected chi connectivity index (χ3v) is 2.70. The third kappa shape index (κ3) is 5.81. The maximum atomic E-state index is 3.84. The zero-order chi connectivity index (χ0) is 11.1. The highest BCUT2D eigenvalue weighted by Crippen LogP contribution is 2.04. The van der Waals surface area contributed by atoms with Crippen LogP contribution in [0.15, 0.2) is 6.20 Å². The highest BCUT2D eigenvalue weighted by molar-refractivity contribution is 7.05. The average molecular weight is 228 g/mol. The maximum absolute atomic E-state index is 3.84. The van der Waals surface area contributed by atoms with Gasteiger partial charge in [-0.15, -0.1) is 5.10 Å². The van der Waals surface area contributed by atoms with Gasteiger partial charge in [-0.3, -0.25) is 4.90 Å². The van der Waals surface area contributed by atoms with E-state index in [0.29, 0.717) is 0 Å². The van der Waals surface area contributed by atoms with Crippen LogP contribution in [0.5, 0.6) is 0 Å². The number of hydrogen-bond donors (Lipinski definition) is 1. The SMILES string of the molecule is CC(C)CNCCN(C)Cc1cnns1. The van der Waals surface area contributed by atoms with Gasteiger partial charge in [0, 0.05) is 19.6 Å². The summed E-state index contributed by atoms with van der Waals surface area (Å²) in [6, 6.07) is 0. The summed E-state index contributed by atoms with van der Waals surface area (Å²) in [4.78, 5) is 3.50. The van der Waals surface area contributed by atoms with Crippen molar-refractivity contribution in [2.45, 2.75) is 20.4 Å². The minimum absolute atomic E-state index is 0.723. The van der Waals surface area contributed by atoms with Crippen LogP contribution in [0.3, 0.4) is 0 Å². The summed E-state index contributed by atoms with van der Waals surface area (Å²) < 4.78 is 3.84. The smallest absolute Gasteiger partial charge is 0.0666 e. The molecule has 0 amide bonds. The van der Waals surface area contributed by atoms with Gasteiger partial charge in [0.2, 0.25) is 0 Å². The first-order valence-electron chi connectivity index (χ1n) is 5.34. The molecule has 1 N–H and O–H groups in total. The van der Waals surface area contributed by atoms with E-state index in [1.807, 2.05) is 6.20 Å². The maximum Gasteiger partial charge on any atom is 0.0666 e. The molecule has 4 nitrogen and oxygen atoms in total. The van der Waals surface area contributed by atoms with Gasteiger partial charge in [-0.2, -0.15) is 0 Å². The number of nitrogens with one attached hydrogen (secondary N) is 1. The van der Waals surface area contributed by atoms with Crippen LogP contribution in [0.2, 0.25) is 0 Å². The van der Waals surface area contributed by atoms with E-state index < -0.39 is 0 Å². The lowest BCUT2D eigenvalue weighted by Gasteiger charge is -2.15. The van der Waals surface area contributed by atoms with Crippen LogP contribution in [0.25, 0.3) is 0 Å². The predicted molar refractivity (Wildman–Crippen MR) is 64.0 cm³/mol. The van der Waals surface area contributed by atoms with Crippen molar-refractivity contribution < 1.29 is 0 Å². The molecule has 0 aliphatic rings. The summed E-state index contributed by atoms with van der Waals surface area (Å²) in [5.41, 5.74) is 0. The Hall–Kier alpha value is -0.520. The van der Waals surface area contributed by atoms with Crippen LogP contribution in [0, 0.1) is 5.92 Å². The lowest BCUT2D eigenvalue weighted by atomic mass is 10.2. The first-order chi connectivity index (χ1) is 7.18. The van der Waals surface area contributed by atoms with Crippen molar-refractivity contribution in [2.24, 2.45) is 5.92 Å². The van der Waals surface area contributed by atoms with E-state index in [-0.39, 0.29) is 0 Å². The average Bonchev–Trinajstić information content (AvgIpc) is 2.64. The Morgan fingerprint density at radius 1 is 1.53 bits per heavy atom. The standard InChI is InChI=1S/C10H20N4S/c1-9(2)6-11-4-5-14(3)8-10-7-12-13-15-10/h7,9,11H,4-6,8H2,1-3H3. The van der Waals surface area contributed by atoms with Crippen LogP contribution in [0.4, 0.5) is 0 Å². The minimum atomic E-state index is 0.723. The monoisotopic (exact) mass is 228 g/mol. The Balaban J connectivity index is 2.06. The highest BCUT2D eigenvalue weighted by atomic mass is 32.1. The van der Waals surface area contributed by atoms with Gasteiger partial charge < -0.3 is 5.32 Å². The summed E-state index contributed by atoms with van der Waals surface area (Å²) in [7, 11) is 2.12. The predicted octanol–water partition coefficient (Wildman–Crippen LogP) is 1.22. The lowest BCUT2D eigenvalue weighted by Crippen LogP contribution is -2.30. The number of rotatable bonds is 7. The van der Waals surface area contributed by atoms with E-state index in [1.54, 1.807) is 0 Å². The largest absolute Gasteiger partial charge is 0.315 e. The van der Waals surface area contributed by atoms with E-state index in [9.17, 15) is 0 Å². The zero-order valence-corrected chi connectivity index (χ0v) is 10.5. The van der Waals surface area contributed by atoms with Crippen molar-refractivity contribution in [3.05, 3.63) is 11.1 Å². The molecule has 0 aromatic carbocycles. The second-order valence-electron chi connectivity index (χ2n) is 4.22. The van der Waals surface area contributed by atoms with Crippen LogP contribution >= 0.6 is 11.5 Å².